The van der Waals surface area contributed by atoms with Crippen LogP contribution in [-0.2, 0) is 68.3 Å². The Balaban J connectivity index is 0.000000424. The molecular formula is C47H22BF30NO. The van der Waals surface area contributed by atoms with Crippen LogP contribution in [0.3, 0.4) is 0 Å². The van der Waals surface area contributed by atoms with Gasteiger partial charge in [-0.25, -0.2) is 0 Å². The van der Waals surface area contributed by atoms with Gasteiger partial charge in [-0.15, -0.1) is 0 Å². The van der Waals surface area contributed by atoms with Crippen LogP contribution in [0, 0.1) is 0 Å². The Bertz CT molecular complexity index is 2750. The van der Waals surface area contributed by atoms with Crippen LogP contribution in [0.15, 0.2) is 122 Å². The van der Waals surface area contributed by atoms with Crippen molar-refractivity contribution in [2.75, 3.05) is 0 Å². The number of halogens is 30. The molecule has 1 heterocycles. The van der Waals surface area contributed by atoms with E-state index in [1.54, 1.807) is 18.2 Å². The van der Waals surface area contributed by atoms with Gasteiger partial charge >= 0.3 is 61.8 Å². The number of aromatic nitrogens is 1. The molecule has 33 heteroatoms. The molecule has 80 heavy (non-hydrogen) atoms. The van der Waals surface area contributed by atoms with Crippen molar-refractivity contribution in [3.8, 4) is 0 Å². The molecule has 2 nitrogen and oxygen atoms in total. The van der Waals surface area contributed by atoms with Crippen LogP contribution >= 0.6 is 0 Å². The Kier molecular flexibility index (Phi) is 16.8. The van der Waals surface area contributed by atoms with E-state index in [-0.39, 0.29) is 12.6 Å². The number of carbonyl (C=O) groups is 1. The predicted octanol–water partition coefficient (Wildman–Crippen LogP) is 15.1. The molecule has 0 radical (unpaired) electrons. The summed E-state index contributed by atoms with van der Waals surface area (Å²) in [5.74, 6) is -0.849. The van der Waals surface area contributed by atoms with E-state index in [9.17, 15) is 137 Å². The fourth-order valence-corrected chi connectivity index (χ4v) is 7.98. The van der Waals surface area contributed by atoms with Crippen LogP contribution in [0.2, 0.25) is 0 Å². The van der Waals surface area contributed by atoms with Gasteiger partial charge in [0.2, 0.25) is 12.3 Å². The first-order valence-corrected chi connectivity index (χ1v) is 21.0. The number of Topliss-reactive ketones (excluding diaryl/α,β-unsaturated/α-hetero) is 1. The molecule has 6 aromatic rings. The number of alkyl halides is 30. The summed E-state index contributed by atoms with van der Waals surface area (Å²) >= 11 is 0. The minimum absolute atomic E-state index is 0.00750. The Morgan fingerprint density at radius 3 is 0.625 bits per heavy atom. The largest absolute Gasteiger partial charge is 0.416 e. The second-order valence-corrected chi connectivity index (χ2v) is 17.0. The number of rotatable bonds is 7. The summed E-state index contributed by atoms with van der Waals surface area (Å²) in [6, 6.07) is -3.13. The molecule has 0 aliphatic carbocycles. The molecule has 0 saturated heterocycles. The van der Waals surface area contributed by atoms with E-state index in [2.05, 4.69) is 0 Å². The highest BCUT2D eigenvalue weighted by molar-refractivity contribution is 7.20. The predicted molar refractivity (Wildman–Crippen MR) is 217 cm³/mol. The number of benzene rings is 5. The summed E-state index contributed by atoms with van der Waals surface area (Å²) < 4.78 is 419. The van der Waals surface area contributed by atoms with E-state index < -0.39 is 230 Å². The number of hydrogen-bond donors (Lipinski definition) is 0. The zero-order chi connectivity index (χ0) is 61.2. The zero-order valence-electron chi connectivity index (χ0n) is 38.0. The van der Waals surface area contributed by atoms with Crippen LogP contribution in [0.1, 0.15) is 66.0 Å². The minimum atomic E-state index is -6.13. The lowest BCUT2D eigenvalue weighted by Gasteiger charge is -2.46. The first-order valence-electron chi connectivity index (χ1n) is 21.0. The minimum Gasteiger partial charge on any atom is -0.287 e. The molecular weight excluding hydrogens is 1180 g/mol. The third-order valence-electron chi connectivity index (χ3n) is 11.5. The van der Waals surface area contributed by atoms with Crippen molar-refractivity contribution in [2.24, 2.45) is 0 Å². The maximum Gasteiger partial charge on any atom is 0.416 e. The van der Waals surface area contributed by atoms with Gasteiger partial charge in [-0.05, 0) is 42.5 Å². The molecule has 0 aliphatic rings. The fourth-order valence-electron chi connectivity index (χ4n) is 7.98. The van der Waals surface area contributed by atoms with E-state index in [1.807, 2.05) is 0 Å². The first-order chi connectivity index (χ1) is 35.8. The Morgan fingerprint density at radius 2 is 0.450 bits per heavy atom. The van der Waals surface area contributed by atoms with Crippen molar-refractivity contribution >= 4 is 33.8 Å². The molecule has 0 aliphatic heterocycles. The van der Waals surface area contributed by atoms with Crippen LogP contribution in [0.25, 0.3) is 0 Å². The van der Waals surface area contributed by atoms with Crippen molar-refractivity contribution in [1.29, 1.82) is 0 Å². The molecule has 0 amide bonds. The third kappa shape index (κ3) is 14.8. The van der Waals surface area contributed by atoms with E-state index in [0.717, 1.165) is 0 Å². The average molecular weight is 1200 g/mol. The highest BCUT2D eigenvalue weighted by Gasteiger charge is 2.48. The lowest BCUT2D eigenvalue weighted by Crippen LogP contribution is -2.75. The van der Waals surface area contributed by atoms with Crippen molar-refractivity contribution in [2.45, 2.75) is 68.3 Å². The van der Waals surface area contributed by atoms with Gasteiger partial charge in [0.05, 0.1) is 55.6 Å². The molecule has 0 fully saturated rings. The van der Waals surface area contributed by atoms with Gasteiger partial charge in [-0.3, -0.25) is 4.79 Å². The maximum absolute atomic E-state index is 14.2. The Hall–Kier alpha value is -7.12. The molecule has 0 saturated carbocycles. The quantitative estimate of drug-likeness (QED) is 0.0675. The van der Waals surface area contributed by atoms with E-state index >= 15 is 0 Å². The van der Waals surface area contributed by atoms with Gasteiger partial charge in [0.15, 0.2) is 12.4 Å². The maximum atomic E-state index is 14.2. The molecule has 0 atom stereocenters. The monoisotopic (exact) mass is 1200 g/mol. The lowest BCUT2D eigenvalue weighted by molar-refractivity contribution is -0.683. The second-order valence-electron chi connectivity index (χ2n) is 17.0. The summed E-state index contributed by atoms with van der Waals surface area (Å²) in [5, 5.41) is 0. The van der Waals surface area contributed by atoms with Crippen molar-refractivity contribution in [1.82, 2.24) is 0 Å². The van der Waals surface area contributed by atoms with Gasteiger partial charge in [0.1, 0.15) is 6.15 Å². The number of ketones is 1. The summed E-state index contributed by atoms with van der Waals surface area (Å²) in [4.78, 5) is 12.0. The number of pyridine rings is 1. The van der Waals surface area contributed by atoms with E-state index in [1.165, 1.54) is 17.0 Å². The van der Waals surface area contributed by atoms with Gasteiger partial charge in [-0.1, -0.05) is 54.6 Å². The van der Waals surface area contributed by atoms with Gasteiger partial charge in [0.25, 0.3) is 0 Å². The molecule has 0 unspecified atom stereocenters. The van der Waals surface area contributed by atoms with Crippen LogP contribution in [0.5, 0.6) is 0 Å². The first kappa shape index (κ1) is 63.7. The van der Waals surface area contributed by atoms with Crippen LogP contribution in [-0.4, -0.2) is 11.9 Å². The molecule has 0 N–H and O–H groups in total. The second kappa shape index (κ2) is 21.1. The summed E-state index contributed by atoms with van der Waals surface area (Å²) in [6.45, 7) is -0.362. The van der Waals surface area contributed by atoms with E-state index in [0.29, 0.717) is 12.1 Å². The molecule has 6 rings (SSSR count). The summed E-state index contributed by atoms with van der Waals surface area (Å²) in [5.41, 5.74) is -33.9. The molecule has 0 spiro atoms. The van der Waals surface area contributed by atoms with Crippen LogP contribution in [0.4, 0.5) is 132 Å². The highest BCUT2D eigenvalue weighted by Crippen LogP contribution is 2.42. The highest BCUT2D eigenvalue weighted by atomic mass is 19.4. The van der Waals surface area contributed by atoms with Crippen molar-refractivity contribution in [3.63, 3.8) is 0 Å². The van der Waals surface area contributed by atoms with Crippen molar-refractivity contribution in [3.05, 3.63) is 183 Å². The summed E-state index contributed by atoms with van der Waals surface area (Å²) in [7, 11) is 0. The number of hydrogen-bond acceptors (Lipinski definition) is 1. The standard InChI is InChI=1S/C32H12BF24.C15H10F6NO/c34-25(35,36)13-1-14(26(37,38)39)6-21(5-13)33(22-7-15(27(40,41)42)2-16(8-22)28(43,44)45,23-9-17(29(46,47)48)3-18(10-23)30(49,50)51)24-11-19(31(52,53)54)4-20(12-24)32(55,56)57;16-14(17,18)11-6-10(7-12(8-11)15(19,20)21)13(23)9-22-4-2-1-3-5-22/h1-12H;1-8H,9H2/q-1;+1. The smallest absolute Gasteiger partial charge is 0.287 e. The lowest BCUT2D eigenvalue weighted by atomic mass is 9.12. The Morgan fingerprint density at radius 1 is 0.275 bits per heavy atom. The Labute approximate surface area is 425 Å². The normalized spacial score (nSPS) is 13.7. The number of nitrogens with zero attached hydrogens (tertiary/aromatic N) is 1. The average Bonchev–Trinajstić information content (AvgIpc) is 3.29. The molecule has 434 valence electrons. The molecule has 5 aromatic carbocycles. The van der Waals surface area contributed by atoms with Crippen molar-refractivity contribution < 1.29 is 141 Å². The van der Waals surface area contributed by atoms with Gasteiger partial charge in [0, 0.05) is 17.7 Å². The van der Waals surface area contributed by atoms with Crippen LogP contribution < -0.4 is 26.4 Å². The topological polar surface area (TPSA) is 20.9 Å². The van der Waals surface area contributed by atoms with Gasteiger partial charge < -0.3 is 0 Å². The van der Waals surface area contributed by atoms with E-state index in [4.69, 9.17) is 0 Å². The summed E-state index contributed by atoms with van der Waals surface area (Å²) in [6.07, 6.45) is -61.8. The molecule has 0 bridgehead atoms. The SMILES string of the molecule is FC(F)(F)c1cc([B-](c2cc(C(F)(F)F)cc(C(F)(F)F)c2)(c2cc(C(F)(F)F)cc(C(F)(F)F)c2)c2cc(C(F)(F)F)cc(C(F)(F)F)c2)cc(C(F)(F)F)c1.O=C(C[n+]1ccccc1)c1cc(C(F)(F)F)cc(C(F)(F)F)c1. The fraction of sp³-hybridized carbons (Fsp3) is 0.234. The zero-order valence-corrected chi connectivity index (χ0v) is 38.0. The molecule has 1 aromatic heterocycles. The number of carbonyl (C=O) groups excluding carboxylic acids is 1. The van der Waals surface area contributed by atoms with Gasteiger partial charge in [-0.2, -0.15) is 158 Å². The third-order valence-corrected chi connectivity index (χ3v) is 11.5.